The summed E-state index contributed by atoms with van der Waals surface area (Å²) in [5, 5.41) is 2.64. The van der Waals surface area contributed by atoms with Crippen molar-refractivity contribution in [1.82, 2.24) is 5.32 Å². The monoisotopic (exact) mass is 370 g/mol. The van der Waals surface area contributed by atoms with Crippen LogP contribution >= 0.6 is 0 Å². The third-order valence-corrected chi connectivity index (χ3v) is 4.39. The van der Waals surface area contributed by atoms with Gasteiger partial charge in [-0.15, -0.1) is 0 Å². The average Bonchev–Trinajstić information content (AvgIpc) is 2.71. The molecule has 1 aliphatic heterocycles. The molecule has 0 bridgehead atoms. The van der Waals surface area contributed by atoms with Gasteiger partial charge in [-0.2, -0.15) is 0 Å². The molecule has 0 aliphatic carbocycles. The van der Waals surface area contributed by atoms with E-state index in [0.717, 1.165) is 11.3 Å². The number of nitrogens with zero attached hydrogens (tertiary/aromatic N) is 1. The maximum Gasteiger partial charge on any atom is 0.408 e. The minimum Gasteiger partial charge on any atom is -0.497 e. The van der Waals surface area contributed by atoms with Gasteiger partial charge in [-0.1, -0.05) is 30.3 Å². The molecule has 1 fully saturated rings. The van der Waals surface area contributed by atoms with Gasteiger partial charge in [0, 0.05) is 12.8 Å². The number of carbonyl (C=O) groups excluding carboxylic acids is 2. The van der Waals surface area contributed by atoms with Gasteiger partial charge in [0.05, 0.1) is 19.8 Å². The molecule has 3 rings (SSSR count). The molecule has 0 aromatic heterocycles. The van der Waals surface area contributed by atoms with Crippen molar-refractivity contribution in [2.24, 2.45) is 0 Å². The molecule has 1 N–H and O–H groups in total. The number of rotatable bonds is 7. The van der Waals surface area contributed by atoms with Gasteiger partial charge in [0.25, 0.3) is 5.91 Å². The third kappa shape index (κ3) is 4.20. The van der Waals surface area contributed by atoms with Gasteiger partial charge in [-0.3, -0.25) is 4.79 Å². The Morgan fingerprint density at radius 2 is 1.78 bits per heavy atom. The van der Waals surface area contributed by atoms with Crippen molar-refractivity contribution in [3.05, 3.63) is 60.2 Å². The summed E-state index contributed by atoms with van der Waals surface area (Å²) in [5.41, 5.74) is 1.60. The van der Waals surface area contributed by atoms with Crippen molar-refractivity contribution in [3.63, 3.8) is 0 Å². The number of methoxy groups -OCH3 is 2. The molecule has 1 saturated heterocycles. The van der Waals surface area contributed by atoms with E-state index in [9.17, 15) is 9.59 Å². The van der Waals surface area contributed by atoms with Crippen LogP contribution in [0.25, 0.3) is 0 Å². The lowest BCUT2D eigenvalue weighted by molar-refractivity contribution is -0.128. The van der Waals surface area contributed by atoms with E-state index in [2.05, 4.69) is 5.32 Å². The second-order valence-electron chi connectivity index (χ2n) is 6.11. The first-order valence-corrected chi connectivity index (χ1v) is 8.57. The quantitative estimate of drug-likeness (QED) is 0.757. The third-order valence-electron chi connectivity index (χ3n) is 4.39. The Bertz CT molecular complexity index is 779. The van der Waals surface area contributed by atoms with Gasteiger partial charge in [0.1, 0.15) is 18.4 Å². The van der Waals surface area contributed by atoms with Crippen LogP contribution in [0.3, 0.4) is 0 Å². The maximum absolute atomic E-state index is 12.6. The fourth-order valence-corrected chi connectivity index (χ4v) is 3.00. The number of β-lactam (4-membered cyclic amide) rings is 1. The van der Waals surface area contributed by atoms with E-state index in [0.29, 0.717) is 12.4 Å². The van der Waals surface area contributed by atoms with E-state index >= 15 is 0 Å². The first-order valence-electron chi connectivity index (χ1n) is 8.57. The van der Waals surface area contributed by atoms with Crippen molar-refractivity contribution in [2.45, 2.75) is 18.7 Å². The largest absolute Gasteiger partial charge is 0.497 e. The molecule has 27 heavy (non-hydrogen) atoms. The SMILES string of the molecule is COC[C@H]1[C@@H](NC(=O)OCc2ccccc2)C(=O)N1c1ccc(OC)cc1. The molecule has 0 radical (unpaired) electrons. The first kappa shape index (κ1) is 18.7. The molecule has 1 heterocycles. The summed E-state index contributed by atoms with van der Waals surface area (Å²) in [4.78, 5) is 26.3. The van der Waals surface area contributed by atoms with Crippen LogP contribution in [0.15, 0.2) is 54.6 Å². The van der Waals surface area contributed by atoms with Crippen molar-refractivity contribution in [1.29, 1.82) is 0 Å². The average molecular weight is 370 g/mol. The number of carbonyl (C=O) groups is 2. The summed E-state index contributed by atoms with van der Waals surface area (Å²) < 4.78 is 15.6. The first-order chi connectivity index (χ1) is 13.1. The van der Waals surface area contributed by atoms with Crippen LogP contribution in [0.5, 0.6) is 5.75 Å². The molecule has 0 unspecified atom stereocenters. The highest BCUT2D eigenvalue weighted by Gasteiger charge is 2.49. The summed E-state index contributed by atoms with van der Waals surface area (Å²) in [6, 6.07) is 15.5. The van der Waals surface area contributed by atoms with E-state index in [1.54, 1.807) is 43.4 Å². The highest BCUT2D eigenvalue weighted by atomic mass is 16.5. The molecule has 0 spiro atoms. The summed E-state index contributed by atoms with van der Waals surface area (Å²) >= 11 is 0. The minimum absolute atomic E-state index is 0.144. The molecule has 1 aliphatic rings. The highest BCUT2D eigenvalue weighted by molar-refractivity contribution is 6.07. The van der Waals surface area contributed by atoms with Gasteiger partial charge >= 0.3 is 6.09 Å². The van der Waals surface area contributed by atoms with E-state index in [1.165, 1.54) is 0 Å². The fraction of sp³-hybridized carbons (Fsp3) is 0.300. The minimum atomic E-state index is -0.685. The van der Waals surface area contributed by atoms with Crippen molar-refractivity contribution in [3.8, 4) is 5.75 Å². The number of hydrogen-bond donors (Lipinski definition) is 1. The molecule has 2 atom stereocenters. The van der Waals surface area contributed by atoms with Crippen LogP contribution in [0.4, 0.5) is 10.5 Å². The number of amides is 2. The second kappa shape index (κ2) is 8.55. The van der Waals surface area contributed by atoms with Crippen LogP contribution < -0.4 is 15.0 Å². The summed E-state index contributed by atoms with van der Waals surface area (Å²) in [6.45, 7) is 0.437. The molecular weight excluding hydrogens is 348 g/mol. The molecule has 2 aromatic rings. The van der Waals surface area contributed by atoms with Crippen molar-refractivity contribution in [2.75, 3.05) is 25.7 Å². The lowest BCUT2D eigenvalue weighted by Gasteiger charge is -2.46. The maximum atomic E-state index is 12.6. The Morgan fingerprint density at radius 3 is 2.41 bits per heavy atom. The van der Waals surface area contributed by atoms with Crippen molar-refractivity contribution >= 4 is 17.7 Å². The summed E-state index contributed by atoms with van der Waals surface area (Å²) in [6.07, 6.45) is -0.632. The molecule has 7 nitrogen and oxygen atoms in total. The zero-order chi connectivity index (χ0) is 19.2. The van der Waals surface area contributed by atoms with Crippen LogP contribution in [0, 0.1) is 0 Å². The number of hydrogen-bond acceptors (Lipinski definition) is 5. The van der Waals surface area contributed by atoms with Crippen LogP contribution in [0.1, 0.15) is 5.56 Å². The molecule has 2 amide bonds. The summed E-state index contributed by atoms with van der Waals surface area (Å²) in [5.74, 6) is 0.494. The summed E-state index contributed by atoms with van der Waals surface area (Å²) in [7, 11) is 3.14. The van der Waals surface area contributed by atoms with E-state index in [1.807, 2.05) is 30.3 Å². The van der Waals surface area contributed by atoms with E-state index < -0.39 is 12.1 Å². The fourth-order valence-electron chi connectivity index (χ4n) is 3.00. The highest BCUT2D eigenvalue weighted by Crippen LogP contribution is 2.30. The number of benzene rings is 2. The lowest BCUT2D eigenvalue weighted by atomic mass is 9.94. The molecule has 2 aromatic carbocycles. The Labute approximate surface area is 157 Å². The van der Waals surface area contributed by atoms with Gasteiger partial charge in [-0.25, -0.2) is 4.79 Å². The smallest absolute Gasteiger partial charge is 0.408 e. The normalized spacial score (nSPS) is 18.6. The second-order valence-corrected chi connectivity index (χ2v) is 6.11. The van der Waals surface area contributed by atoms with Gasteiger partial charge < -0.3 is 24.4 Å². The van der Waals surface area contributed by atoms with E-state index in [4.69, 9.17) is 14.2 Å². The lowest BCUT2D eigenvalue weighted by Crippen LogP contribution is -2.72. The Morgan fingerprint density at radius 1 is 1.07 bits per heavy atom. The Balaban J connectivity index is 1.61. The van der Waals surface area contributed by atoms with Crippen LogP contribution in [-0.4, -0.2) is 44.9 Å². The van der Waals surface area contributed by atoms with Crippen LogP contribution in [-0.2, 0) is 20.9 Å². The predicted molar refractivity (Wildman–Crippen MR) is 99.7 cm³/mol. The van der Waals surface area contributed by atoms with Gasteiger partial charge in [0.15, 0.2) is 0 Å². The van der Waals surface area contributed by atoms with Gasteiger partial charge in [-0.05, 0) is 29.8 Å². The standard InChI is InChI=1S/C20H22N2O5/c1-25-13-17-18(21-20(24)27-12-14-6-4-3-5-7-14)19(23)22(17)15-8-10-16(26-2)11-9-15/h3-11,17-18H,12-13H2,1-2H3,(H,21,24)/t17-,18+/m0/s1. The molecular formula is C20H22N2O5. The molecule has 7 heteroatoms. The number of nitrogens with one attached hydrogen (secondary N) is 1. The number of ether oxygens (including phenoxy) is 3. The Hall–Kier alpha value is -3.06. The van der Waals surface area contributed by atoms with E-state index in [-0.39, 0.29) is 18.6 Å². The zero-order valence-corrected chi connectivity index (χ0v) is 15.3. The molecule has 142 valence electrons. The number of alkyl carbamates (subject to hydrolysis) is 1. The number of anilines is 1. The van der Waals surface area contributed by atoms with Gasteiger partial charge in [0.2, 0.25) is 0 Å². The topological polar surface area (TPSA) is 77.1 Å². The zero-order valence-electron chi connectivity index (χ0n) is 15.3. The van der Waals surface area contributed by atoms with Crippen molar-refractivity contribution < 1.29 is 23.8 Å². The predicted octanol–water partition coefficient (Wildman–Crippen LogP) is 2.35. The Kier molecular flexibility index (Phi) is 5.93. The molecule has 0 saturated carbocycles. The van der Waals surface area contributed by atoms with Crippen LogP contribution in [0.2, 0.25) is 0 Å².